The number of imidazole rings is 1. The van der Waals surface area contributed by atoms with Crippen molar-refractivity contribution in [1.82, 2.24) is 19.5 Å². The molecule has 0 radical (unpaired) electrons. The average Bonchev–Trinajstić information content (AvgIpc) is 3.39. The fraction of sp³-hybridized carbons (Fsp3) is 0.333. The second-order valence-electron chi connectivity index (χ2n) is 7.01. The van der Waals surface area contributed by atoms with Crippen LogP contribution in [0.25, 0.3) is 11.2 Å². The Kier molecular flexibility index (Phi) is 7.35. The number of aromatic nitrogens is 4. The van der Waals surface area contributed by atoms with E-state index in [1.807, 2.05) is 28.8 Å². The number of rotatable bonds is 9. The summed E-state index contributed by atoms with van der Waals surface area (Å²) in [7, 11) is 1.40. The van der Waals surface area contributed by atoms with Gasteiger partial charge in [-0.15, -0.1) is 0 Å². The number of aryl methyl sites for hydroxylation is 1. The lowest BCUT2D eigenvalue weighted by molar-refractivity contribution is -0.140. The van der Waals surface area contributed by atoms with Crippen LogP contribution in [-0.2, 0) is 25.5 Å². The number of methoxy groups -OCH3 is 1. The molecule has 0 amide bonds. The maximum absolute atomic E-state index is 11.3. The van der Waals surface area contributed by atoms with Gasteiger partial charge in [0.25, 0.3) is 6.29 Å². The number of nitrogens with two attached hydrogens (primary N) is 1. The second kappa shape index (κ2) is 10.4. The number of ether oxygens (including phenoxy) is 3. The number of nitrogens with zero attached hydrogens (tertiary/aromatic N) is 4. The standard InChI is InChI=1S/C21H22IN5O4S/c1-29-15(28)9-3-2-6-10-27-19-17(18(23)24-12-25-19)26-21(27)32-16-11-30-20(31-16)13-7-4-5-8-14(13)22/h4-5,7-8,11-12,20H,2-3,6,9-10H2,1H3,(H2,23,24,25). The van der Waals surface area contributed by atoms with Crippen LogP contribution in [0.3, 0.4) is 0 Å². The van der Waals surface area contributed by atoms with Crippen molar-refractivity contribution in [3.63, 3.8) is 0 Å². The van der Waals surface area contributed by atoms with E-state index in [1.54, 1.807) is 6.26 Å². The van der Waals surface area contributed by atoms with E-state index in [9.17, 15) is 4.79 Å². The molecule has 9 nitrogen and oxygen atoms in total. The van der Waals surface area contributed by atoms with Crippen molar-refractivity contribution < 1.29 is 19.0 Å². The minimum Gasteiger partial charge on any atom is -0.469 e. The highest BCUT2D eigenvalue weighted by Gasteiger charge is 2.26. The molecule has 2 N–H and O–H groups in total. The first-order valence-electron chi connectivity index (χ1n) is 10.0. The molecule has 1 aliphatic rings. The molecule has 4 rings (SSSR count). The van der Waals surface area contributed by atoms with Gasteiger partial charge in [-0.25, -0.2) is 15.0 Å². The van der Waals surface area contributed by atoms with Gasteiger partial charge in [-0.3, -0.25) is 4.79 Å². The van der Waals surface area contributed by atoms with Gasteiger partial charge in [-0.1, -0.05) is 24.6 Å². The molecule has 0 fully saturated rings. The van der Waals surface area contributed by atoms with Gasteiger partial charge in [0.15, 0.2) is 22.1 Å². The van der Waals surface area contributed by atoms with Crippen LogP contribution >= 0.6 is 34.4 Å². The third-order valence-electron chi connectivity index (χ3n) is 4.88. The van der Waals surface area contributed by atoms with Crippen LogP contribution in [0.15, 0.2) is 47.1 Å². The molecule has 168 valence electrons. The van der Waals surface area contributed by atoms with Crippen LogP contribution < -0.4 is 5.73 Å². The van der Waals surface area contributed by atoms with Gasteiger partial charge in [0.2, 0.25) is 5.09 Å². The Morgan fingerprint density at radius 2 is 2.12 bits per heavy atom. The largest absolute Gasteiger partial charge is 0.469 e. The van der Waals surface area contributed by atoms with Crippen LogP contribution in [-0.4, -0.2) is 32.6 Å². The summed E-state index contributed by atoms with van der Waals surface area (Å²) < 4.78 is 19.5. The summed E-state index contributed by atoms with van der Waals surface area (Å²) in [5.74, 6) is 0.137. The number of nitrogen functional groups attached to an aromatic ring is 1. The Balaban J connectivity index is 1.47. The lowest BCUT2D eigenvalue weighted by Crippen LogP contribution is -2.04. The van der Waals surface area contributed by atoms with E-state index in [2.05, 4.69) is 37.5 Å². The number of fused-ring (bicyclic) bond motifs is 1. The van der Waals surface area contributed by atoms with Gasteiger partial charge in [0, 0.05) is 22.1 Å². The van der Waals surface area contributed by atoms with Gasteiger partial charge in [0.1, 0.15) is 12.6 Å². The molecule has 0 saturated heterocycles. The van der Waals surface area contributed by atoms with Gasteiger partial charge in [0.05, 0.1) is 7.11 Å². The summed E-state index contributed by atoms with van der Waals surface area (Å²) >= 11 is 3.62. The van der Waals surface area contributed by atoms with Crippen LogP contribution in [0, 0.1) is 3.57 Å². The third-order valence-corrected chi connectivity index (χ3v) is 6.75. The van der Waals surface area contributed by atoms with Crippen molar-refractivity contribution in [2.24, 2.45) is 0 Å². The summed E-state index contributed by atoms with van der Waals surface area (Å²) in [6, 6.07) is 7.92. The molecule has 0 bridgehead atoms. The summed E-state index contributed by atoms with van der Waals surface area (Å²) in [4.78, 5) is 24.4. The minimum atomic E-state index is -0.494. The minimum absolute atomic E-state index is 0.192. The number of hydrogen-bond donors (Lipinski definition) is 1. The van der Waals surface area contributed by atoms with Crippen molar-refractivity contribution in [1.29, 1.82) is 0 Å². The number of carbonyl (C=O) groups excluding carboxylic acids is 1. The number of carbonyl (C=O) groups is 1. The lowest BCUT2D eigenvalue weighted by atomic mass is 10.2. The monoisotopic (exact) mass is 567 g/mol. The number of hydrogen-bond acceptors (Lipinski definition) is 9. The van der Waals surface area contributed by atoms with E-state index < -0.39 is 6.29 Å². The van der Waals surface area contributed by atoms with Crippen molar-refractivity contribution in [3.05, 3.63) is 51.1 Å². The van der Waals surface area contributed by atoms with Crippen molar-refractivity contribution >= 4 is 57.3 Å². The predicted octanol–water partition coefficient (Wildman–Crippen LogP) is 4.38. The second-order valence-corrected chi connectivity index (χ2v) is 9.14. The Hall–Kier alpha value is -2.54. The number of halogens is 1. The molecular weight excluding hydrogens is 545 g/mol. The quantitative estimate of drug-likeness (QED) is 0.229. The number of benzene rings is 1. The highest BCUT2D eigenvalue weighted by atomic mass is 127. The van der Waals surface area contributed by atoms with E-state index in [1.165, 1.54) is 25.2 Å². The molecule has 2 aromatic heterocycles. The summed E-state index contributed by atoms with van der Waals surface area (Å²) in [5.41, 5.74) is 8.22. The average molecular weight is 567 g/mol. The molecule has 1 atom stereocenters. The molecule has 11 heteroatoms. The first kappa shape index (κ1) is 22.6. The Bertz CT molecular complexity index is 1150. The predicted molar refractivity (Wildman–Crippen MR) is 128 cm³/mol. The molecule has 0 saturated carbocycles. The molecule has 3 heterocycles. The van der Waals surface area contributed by atoms with Crippen molar-refractivity contribution in [2.75, 3.05) is 12.8 Å². The summed E-state index contributed by atoms with van der Waals surface area (Å²) in [5, 5.41) is 1.29. The Morgan fingerprint density at radius 1 is 1.28 bits per heavy atom. The van der Waals surface area contributed by atoms with E-state index in [-0.39, 0.29) is 5.97 Å². The van der Waals surface area contributed by atoms with E-state index >= 15 is 0 Å². The maximum atomic E-state index is 11.3. The highest BCUT2D eigenvalue weighted by molar-refractivity contribution is 14.1. The smallest absolute Gasteiger partial charge is 0.305 e. The van der Waals surface area contributed by atoms with E-state index in [4.69, 9.17) is 19.9 Å². The Labute approximate surface area is 202 Å². The Morgan fingerprint density at radius 3 is 2.94 bits per heavy atom. The first-order valence-corrected chi connectivity index (χ1v) is 11.9. The zero-order valence-electron chi connectivity index (χ0n) is 17.4. The number of unbranched alkanes of at least 4 members (excludes halogenated alkanes) is 2. The first-order chi connectivity index (χ1) is 15.6. The maximum Gasteiger partial charge on any atom is 0.305 e. The number of anilines is 1. The highest BCUT2D eigenvalue weighted by Crippen LogP contribution is 2.39. The van der Waals surface area contributed by atoms with E-state index in [0.717, 1.165) is 28.4 Å². The van der Waals surface area contributed by atoms with Gasteiger partial charge in [-0.2, -0.15) is 0 Å². The summed E-state index contributed by atoms with van der Waals surface area (Å²) in [6.45, 7) is 0.671. The summed E-state index contributed by atoms with van der Waals surface area (Å²) in [6.07, 6.45) is 5.44. The van der Waals surface area contributed by atoms with Gasteiger partial charge < -0.3 is 24.5 Å². The fourth-order valence-corrected chi connectivity index (χ4v) is 4.74. The van der Waals surface area contributed by atoms with Crippen molar-refractivity contribution in [3.8, 4) is 0 Å². The SMILES string of the molecule is COC(=O)CCCCCn1c(SC2=COC(c3ccccc3I)O2)nc2c(N)ncnc21. The molecule has 1 aliphatic heterocycles. The molecular formula is C21H22IN5O4S. The molecule has 3 aromatic rings. The van der Waals surface area contributed by atoms with E-state index in [0.29, 0.717) is 40.2 Å². The van der Waals surface area contributed by atoms with Gasteiger partial charge in [-0.05, 0) is 53.3 Å². The van der Waals surface area contributed by atoms with Crippen LogP contribution in [0.1, 0.15) is 37.5 Å². The third kappa shape index (κ3) is 5.09. The molecule has 1 aromatic carbocycles. The normalized spacial score (nSPS) is 15.3. The molecule has 0 spiro atoms. The zero-order chi connectivity index (χ0) is 22.5. The molecule has 1 unspecified atom stereocenters. The van der Waals surface area contributed by atoms with Crippen molar-refractivity contribution in [2.45, 2.75) is 43.7 Å². The van der Waals surface area contributed by atoms with Crippen LogP contribution in [0.2, 0.25) is 0 Å². The topological polar surface area (TPSA) is 114 Å². The fourth-order valence-electron chi connectivity index (χ4n) is 3.25. The zero-order valence-corrected chi connectivity index (χ0v) is 20.3. The number of thioether (sulfide) groups is 1. The van der Waals surface area contributed by atoms with Crippen LogP contribution in [0.5, 0.6) is 0 Å². The lowest BCUT2D eigenvalue weighted by Gasteiger charge is -2.13. The number of esters is 1. The molecule has 32 heavy (non-hydrogen) atoms. The molecule has 0 aliphatic carbocycles. The van der Waals surface area contributed by atoms with Gasteiger partial charge >= 0.3 is 5.97 Å². The van der Waals surface area contributed by atoms with Crippen LogP contribution in [0.4, 0.5) is 5.82 Å².